The summed E-state index contributed by atoms with van der Waals surface area (Å²) in [5, 5.41) is 2.60. The number of alkyl halides is 3. The lowest BCUT2D eigenvalue weighted by molar-refractivity contribution is -0.137. The van der Waals surface area contributed by atoms with Crippen LogP contribution in [0.15, 0.2) is 55.5 Å². The van der Waals surface area contributed by atoms with E-state index in [9.17, 15) is 18.0 Å². The molecule has 2 aromatic heterocycles. The molecule has 0 spiro atoms. The van der Waals surface area contributed by atoms with Gasteiger partial charge in [0.2, 0.25) is 5.91 Å². The Morgan fingerprint density at radius 2 is 1.96 bits per heavy atom. The molecule has 5 nitrogen and oxygen atoms in total. The number of imidazole rings is 1. The van der Waals surface area contributed by atoms with E-state index in [4.69, 9.17) is 0 Å². The minimum atomic E-state index is -4.36. The molecule has 1 amide bonds. The molecule has 8 heteroatoms. The second-order valence-corrected chi connectivity index (χ2v) is 5.33. The first kappa shape index (κ1) is 16.7. The number of halogens is 3. The van der Waals surface area contributed by atoms with Crippen LogP contribution in [0.2, 0.25) is 0 Å². The Hall–Kier alpha value is -3.16. The van der Waals surface area contributed by atoms with Crippen LogP contribution in [0.3, 0.4) is 0 Å². The Morgan fingerprint density at radius 3 is 2.60 bits per heavy atom. The lowest BCUT2D eigenvalue weighted by atomic mass is 10.1. The second-order valence-electron chi connectivity index (χ2n) is 5.33. The Balaban J connectivity index is 1.87. The highest BCUT2D eigenvalue weighted by molar-refractivity contribution is 5.99. The lowest BCUT2D eigenvalue weighted by Crippen LogP contribution is -2.08. The average molecular weight is 346 g/mol. The number of hydrogen-bond acceptors (Lipinski definition) is 3. The van der Waals surface area contributed by atoms with E-state index in [1.54, 1.807) is 17.0 Å². The molecule has 1 N–H and O–H groups in total. The number of carbonyl (C=O) groups is 1. The fraction of sp³-hybridized carbons (Fsp3) is 0.118. The lowest BCUT2D eigenvalue weighted by Gasteiger charge is -2.09. The number of anilines is 1. The van der Waals surface area contributed by atoms with Crippen LogP contribution in [0, 0.1) is 0 Å². The van der Waals surface area contributed by atoms with Gasteiger partial charge in [0.15, 0.2) is 5.65 Å². The smallest absolute Gasteiger partial charge is 0.325 e. The highest BCUT2D eigenvalue weighted by Crippen LogP contribution is 2.29. The van der Waals surface area contributed by atoms with Crippen LogP contribution in [0.25, 0.3) is 11.2 Å². The van der Waals surface area contributed by atoms with Crippen molar-refractivity contribution in [2.24, 2.45) is 0 Å². The summed E-state index contributed by atoms with van der Waals surface area (Å²) in [6.45, 7) is 3.71. The van der Waals surface area contributed by atoms with Gasteiger partial charge in [0.25, 0.3) is 0 Å². The monoisotopic (exact) mass is 346 g/mol. The number of carbonyl (C=O) groups excluding carboxylic acids is 1. The molecule has 3 aromatic rings. The molecule has 128 valence electrons. The van der Waals surface area contributed by atoms with Gasteiger partial charge in [-0.3, -0.25) is 4.79 Å². The third kappa shape index (κ3) is 3.68. The van der Waals surface area contributed by atoms with Crippen molar-refractivity contribution >= 4 is 22.8 Å². The van der Waals surface area contributed by atoms with Crippen LogP contribution in [0.4, 0.5) is 18.9 Å². The summed E-state index contributed by atoms with van der Waals surface area (Å²) in [4.78, 5) is 19.7. The maximum absolute atomic E-state index is 12.6. The molecule has 2 heterocycles. The number of fused-ring (bicyclic) bond motifs is 1. The topological polar surface area (TPSA) is 59.8 Å². The van der Waals surface area contributed by atoms with Crippen molar-refractivity contribution < 1.29 is 18.0 Å². The van der Waals surface area contributed by atoms with Gasteiger partial charge in [-0.1, -0.05) is 18.7 Å². The highest BCUT2D eigenvalue weighted by atomic mass is 19.4. The fourth-order valence-electron chi connectivity index (χ4n) is 2.33. The van der Waals surface area contributed by atoms with E-state index >= 15 is 0 Å². The van der Waals surface area contributed by atoms with Gasteiger partial charge >= 0.3 is 6.18 Å². The van der Waals surface area contributed by atoms with Crippen molar-refractivity contribution in [2.45, 2.75) is 12.7 Å². The first-order valence-electron chi connectivity index (χ1n) is 7.27. The third-order valence-corrected chi connectivity index (χ3v) is 3.56. The molecule has 25 heavy (non-hydrogen) atoms. The van der Waals surface area contributed by atoms with Crippen molar-refractivity contribution in [3.8, 4) is 0 Å². The van der Waals surface area contributed by atoms with Gasteiger partial charge in [-0.05, 0) is 29.8 Å². The molecule has 1 aromatic carbocycles. The predicted octanol–water partition coefficient (Wildman–Crippen LogP) is 3.62. The van der Waals surface area contributed by atoms with Crippen LogP contribution in [-0.4, -0.2) is 20.4 Å². The summed E-state index contributed by atoms with van der Waals surface area (Å²) >= 11 is 0. The van der Waals surface area contributed by atoms with Crippen LogP contribution in [0.1, 0.15) is 11.1 Å². The van der Waals surface area contributed by atoms with Crippen molar-refractivity contribution in [3.63, 3.8) is 0 Å². The van der Waals surface area contributed by atoms with Gasteiger partial charge in [0.05, 0.1) is 29.3 Å². The van der Waals surface area contributed by atoms with Crippen molar-refractivity contribution in [1.29, 1.82) is 0 Å². The molecular formula is C17H13F3N4O. The Morgan fingerprint density at radius 1 is 1.24 bits per heavy atom. The van der Waals surface area contributed by atoms with E-state index in [1.165, 1.54) is 18.3 Å². The SMILES string of the molecule is C=CC(=O)Nc1cnc2ncn(Cc3ccc(C(F)(F)F)cc3)c2c1. The van der Waals surface area contributed by atoms with E-state index in [2.05, 4.69) is 21.9 Å². The maximum atomic E-state index is 12.6. The number of nitrogens with zero attached hydrogens (tertiary/aromatic N) is 3. The minimum Gasteiger partial charge on any atom is -0.325 e. The van der Waals surface area contributed by atoms with Crippen LogP contribution < -0.4 is 5.32 Å². The van der Waals surface area contributed by atoms with Gasteiger partial charge in [0, 0.05) is 6.54 Å². The molecule has 0 saturated heterocycles. The standard InChI is InChI=1S/C17H13F3N4O/c1-2-15(25)23-13-7-14-16(21-8-13)22-10-24(14)9-11-3-5-12(6-4-11)17(18,19)20/h2-8,10H,1,9H2,(H,23,25). The summed E-state index contributed by atoms with van der Waals surface area (Å²) in [5.41, 5.74) is 1.60. The molecular weight excluding hydrogens is 333 g/mol. The van der Waals surface area contributed by atoms with Crippen LogP contribution in [0.5, 0.6) is 0 Å². The van der Waals surface area contributed by atoms with Crippen LogP contribution in [-0.2, 0) is 17.5 Å². The van der Waals surface area contributed by atoms with Crippen molar-refractivity contribution in [3.05, 3.63) is 66.6 Å². The summed E-state index contributed by atoms with van der Waals surface area (Å²) in [6.07, 6.45) is -0.195. The summed E-state index contributed by atoms with van der Waals surface area (Å²) in [7, 11) is 0. The van der Waals surface area contributed by atoms with Gasteiger partial charge < -0.3 is 9.88 Å². The Kier molecular flexibility index (Phi) is 4.26. The Labute approximate surface area is 140 Å². The third-order valence-electron chi connectivity index (χ3n) is 3.56. The molecule has 0 aliphatic carbocycles. The first-order chi connectivity index (χ1) is 11.9. The number of pyridine rings is 1. The van der Waals surface area contributed by atoms with E-state index < -0.39 is 11.7 Å². The molecule has 0 saturated carbocycles. The number of nitrogens with one attached hydrogen (secondary N) is 1. The zero-order valence-electron chi connectivity index (χ0n) is 12.9. The minimum absolute atomic E-state index is 0.329. The van der Waals surface area contributed by atoms with Gasteiger partial charge in [-0.2, -0.15) is 13.2 Å². The molecule has 0 atom stereocenters. The molecule has 0 bridgehead atoms. The second kappa shape index (κ2) is 6.39. The number of benzene rings is 1. The number of hydrogen-bond donors (Lipinski definition) is 1. The Bertz CT molecular complexity index is 929. The zero-order valence-corrected chi connectivity index (χ0v) is 12.9. The van der Waals surface area contributed by atoms with Gasteiger partial charge in [0.1, 0.15) is 0 Å². The maximum Gasteiger partial charge on any atom is 0.416 e. The molecule has 0 unspecified atom stereocenters. The summed E-state index contributed by atoms with van der Waals surface area (Å²) in [6, 6.07) is 6.63. The molecule has 0 radical (unpaired) electrons. The fourth-order valence-corrected chi connectivity index (χ4v) is 2.33. The number of rotatable bonds is 4. The molecule has 3 rings (SSSR count). The van der Waals surface area contributed by atoms with Crippen LogP contribution >= 0.6 is 0 Å². The first-order valence-corrected chi connectivity index (χ1v) is 7.27. The van der Waals surface area contributed by atoms with Gasteiger partial charge in [-0.15, -0.1) is 0 Å². The van der Waals surface area contributed by atoms with E-state index in [-0.39, 0.29) is 5.91 Å². The van der Waals surface area contributed by atoms with Gasteiger partial charge in [-0.25, -0.2) is 9.97 Å². The molecule has 0 aliphatic heterocycles. The van der Waals surface area contributed by atoms with E-state index in [1.807, 2.05) is 0 Å². The zero-order chi connectivity index (χ0) is 18.0. The number of aromatic nitrogens is 3. The predicted molar refractivity (Wildman–Crippen MR) is 86.9 cm³/mol. The summed E-state index contributed by atoms with van der Waals surface area (Å²) < 4.78 is 39.6. The van der Waals surface area contributed by atoms with E-state index in [0.29, 0.717) is 29.0 Å². The average Bonchev–Trinajstić information content (AvgIpc) is 2.97. The largest absolute Gasteiger partial charge is 0.416 e. The molecule has 0 fully saturated rings. The van der Waals surface area contributed by atoms with E-state index in [0.717, 1.165) is 18.2 Å². The normalized spacial score (nSPS) is 11.5. The highest BCUT2D eigenvalue weighted by Gasteiger charge is 2.29. The molecule has 0 aliphatic rings. The number of amides is 1. The van der Waals surface area contributed by atoms with Crippen molar-refractivity contribution in [2.75, 3.05) is 5.32 Å². The quantitative estimate of drug-likeness (QED) is 0.734. The van der Waals surface area contributed by atoms with Crippen molar-refractivity contribution in [1.82, 2.24) is 14.5 Å². The summed E-state index contributed by atoms with van der Waals surface area (Å²) in [5.74, 6) is -0.366.